The number of amides is 3. The topological polar surface area (TPSA) is 104 Å². The Balaban J connectivity index is 1.46. The summed E-state index contributed by atoms with van der Waals surface area (Å²) in [5.41, 5.74) is 1.61. The van der Waals surface area contributed by atoms with Gasteiger partial charge >= 0.3 is 6.03 Å². The number of pyridine rings is 1. The molecule has 1 aliphatic rings. The van der Waals surface area contributed by atoms with Gasteiger partial charge in [-0.1, -0.05) is 17.7 Å². The number of aliphatic hydroxyl groups is 1. The highest BCUT2D eigenvalue weighted by atomic mass is 35.5. The van der Waals surface area contributed by atoms with E-state index < -0.39 is 12.1 Å². The van der Waals surface area contributed by atoms with Crippen LogP contribution in [0.2, 0.25) is 5.02 Å². The molecule has 0 radical (unpaired) electrons. The fraction of sp³-hybridized carbons (Fsp3) is 0.208. The van der Waals surface area contributed by atoms with Gasteiger partial charge < -0.3 is 20.6 Å². The maximum Gasteiger partial charge on any atom is 0.322 e. The first kappa shape index (κ1) is 22.6. The van der Waals surface area contributed by atoms with Crippen LogP contribution in [0.4, 0.5) is 16.2 Å². The second-order valence-corrected chi connectivity index (χ2v) is 8.27. The van der Waals surface area contributed by atoms with Crippen LogP contribution in [0, 0.1) is 5.92 Å². The molecule has 1 aromatic heterocycles. The maximum atomic E-state index is 13.0. The lowest BCUT2D eigenvalue weighted by Gasteiger charge is -2.24. The summed E-state index contributed by atoms with van der Waals surface area (Å²) in [7, 11) is 0. The summed E-state index contributed by atoms with van der Waals surface area (Å²) in [5, 5.41) is 15.8. The molecule has 0 saturated carbocycles. The minimum absolute atomic E-state index is 0.116. The minimum Gasteiger partial charge on any atom is -0.396 e. The van der Waals surface area contributed by atoms with Crippen LogP contribution in [-0.2, 0) is 4.79 Å². The van der Waals surface area contributed by atoms with Crippen molar-refractivity contribution in [2.45, 2.75) is 12.5 Å². The Morgan fingerprint density at radius 1 is 0.970 bits per heavy atom. The van der Waals surface area contributed by atoms with E-state index >= 15 is 0 Å². The van der Waals surface area contributed by atoms with E-state index in [1.807, 2.05) is 0 Å². The summed E-state index contributed by atoms with van der Waals surface area (Å²) < 4.78 is 1.50. The predicted molar refractivity (Wildman–Crippen MR) is 127 cm³/mol. The number of carbonyl (C=O) groups is 2. The summed E-state index contributed by atoms with van der Waals surface area (Å²) in [6, 6.07) is 17.3. The maximum absolute atomic E-state index is 13.0. The van der Waals surface area contributed by atoms with E-state index in [2.05, 4.69) is 10.6 Å². The normalized spacial score (nSPS) is 17.6. The second kappa shape index (κ2) is 9.89. The van der Waals surface area contributed by atoms with Crippen molar-refractivity contribution in [1.82, 2.24) is 9.47 Å². The Morgan fingerprint density at radius 2 is 1.64 bits per heavy atom. The molecule has 1 saturated heterocycles. The lowest BCUT2D eigenvalue weighted by atomic mass is 10.1. The number of urea groups is 1. The van der Waals surface area contributed by atoms with Gasteiger partial charge in [-0.2, -0.15) is 0 Å². The third kappa shape index (κ3) is 5.24. The van der Waals surface area contributed by atoms with E-state index in [4.69, 9.17) is 11.6 Å². The third-order valence-corrected chi connectivity index (χ3v) is 5.79. The van der Waals surface area contributed by atoms with Gasteiger partial charge in [0.25, 0.3) is 5.56 Å². The highest BCUT2D eigenvalue weighted by molar-refractivity contribution is 6.30. The number of anilines is 2. The Labute approximate surface area is 195 Å². The van der Waals surface area contributed by atoms with Crippen molar-refractivity contribution in [3.63, 3.8) is 0 Å². The lowest BCUT2D eigenvalue weighted by molar-refractivity contribution is -0.119. The van der Waals surface area contributed by atoms with E-state index in [1.54, 1.807) is 66.9 Å². The van der Waals surface area contributed by atoms with Crippen molar-refractivity contribution in [1.29, 1.82) is 0 Å². The molecule has 0 unspecified atom stereocenters. The van der Waals surface area contributed by atoms with Crippen molar-refractivity contribution in [3.05, 3.63) is 88.3 Å². The molecule has 2 atom stereocenters. The summed E-state index contributed by atoms with van der Waals surface area (Å²) >= 11 is 5.89. The number of rotatable bonds is 5. The van der Waals surface area contributed by atoms with Gasteiger partial charge in [0.05, 0.1) is 0 Å². The van der Waals surface area contributed by atoms with E-state index in [1.165, 1.54) is 15.5 Å². The SMILES string of the molecule is O=C(Nc1ccc(-n2ccccc2=O)cc1)[C@H]1C[C@@H](CO)CN1C(=O)Nc1ccc(Cl)cc1. The summed E-state index contributed by atoms with van der Waals surface area (Å²) in [4.78, 5) is 39.3. The molecule has 8 nitrogen and oxygen atoms in total. The molecule has 3 amide bonds. The Kier molecular flexibility index (Phi) is 6.76. The van der Waals surface area contributed by atoms with E-state index in [0.717, 1.165) is 0 Å². The van der Waals surface area contributed by atoms with Crippen molar-refractivity contribution in [3.8, 4) is 5.69 Å². The summed E-state index contributed by atoms with van der Waals surface area (Å²) in [6.07, 6.45) is 2.02. The van der Waals surface area contributed by atoms with Crippen LogP contribution in [0.5, 0.6) is 0 Å². The number of nitrogens with zero attached hydrogens (tertiary/aromatic N) is 2. The van der Waals surface area contributed by atoms with Crippen molar-refractivity contribution in [2.75, 3.05) is 23.8 Å². The molecule has 0 aliphatic carbocycles. The van der Waals surface area contributed by atoms with Crippen molar-refractivity contribution in [2.24, 2.45) is 5.92 Å². The van der Waals surface area contributed by atoms with Crippen LogP contribution in [0.25, 0.3) is 5.69 Å². The van der Waals surface area contributed by atoms with Crippen LogP contribution in [0.1, 0.15) is 6.42 Å². The van der Waals surface area contributed by atoms with Gasteiger partial charge in [-0.25, -0.2) is 4.79 Å². The molecule has 4 rings (SSSR count). The van der Waals surface area contributed by atoms with Gasteiger partial charge in [-0.3, -0.25) is 14.2 Å². The van der Waals surface area contributed by atoms with Gasteiger partial charge in [0.1, 0.15) is 6.04 Å². The molecule has 170 valence electrons. The standard InChI is InChI=1S/C24H23ClN4O4/c25-17-4-6-19(7-5-17)27-24(33)29-14-16(15-30)13-21(29)23(32)26-18-8-10-20(11-9-18)28-12-2-1-3-22(28)31/h1-12,16,21,30H,13-15H2,(H,26,32)(H,27,33)/t16-,21-/m1/s1. The molecule has 0 spiro atoms. The van der Waals surface area contributed by atoms with Crippen LogP contribution < -0.4 is 16.2 Å². The molecule has 1 fully saturated rings. The van der Waals surface area contributed by atoms with E-state index in [-0.39, 0.29) is 30.5 Å². The minimum atomic E-state index is -0.731. The number of aliphatic hydroxyl groups excluding tert-OH is 1. The molecule has 2 heterocycles. The first-order valence-electron chi connectivity index (χ1n) is 10.5. The predicted octanol–water partition coefficient (Wildman–Crippen LogP) is 3.34. The summed E-state index contributed by atoms with van der Waals surface area (Å²) in [5.74, 6) is -0.536. The van der Waals surface area contributed by atoms with E-state index in [9.17, 15) is 19.5 Å². The van der Waals surface area contributed by atoms with Crippen LogP contribution in [0.15, 0.2) is 77.7 Å². The fourth-order valence-corrected chi connectivity index (χ4v) is 3.95. The lowest BCUT2D eigenvalue weighted by Crippen LogP contribution is -2.45. The molecule has 3 N–H and O–H groups in total. The zero-order valence-corrected chi connectivity index (χ0v) is 18.4. The molecule has 9 heteroatoms. The molecule has 1 aliphatic heterocycles. The van der Waals surface area contributed by atoms with Gasteiger partial charge in [0.15, 0.2) is 0 Å². The highest BCUT2D eigenvalue weighted by Gasteiger charge is 2.39. The first-order valence-corrected chi connectivity index (χ1v) is 10.9. The average Bonchev–Trinajstić information content (AvgIpc) is 3.27. The Hall–Kier alpha value is -3.62. The number of carbonyl (C=O) groups excluding carboxylic acids is 2. The number of hydrogen-bond acceptors (Lipinski definition) is 4. The summed E-state index contributed by atoms with van der Waals surface area (Å²) in [6.45, 7) is 0.152. The van der Waals surface area contributed by atoms with Gasteiger partial charge in [-0.05, 0) is 61.0 Å². The van der Waals surface area contributed by atoms with Gasteiger partial charge in [-0.15, -0.1) is 0 Å². The zero-order chi connectivity index (χ0) is 23.4. The molecular formula is C24H23ClN4O4. The number of nitrogens with one attached hydrogen (secondary N) is 2. The van der Waals surface area contributed by atoms with Crippen LogP contribution in [0.3, 0.4) is 0 Å². The third-order valence-electron chi connectivity index (χ3n) is 5.54. The number of hydrogen-bond donors (Lipinski definition) is 3. The average molecular weight is 467 g/mol. The van der Waals surface area contributed by atoms with E-state index in [0.29, 0.717) is 28.5 Å². The molecule has 0 bridgehead atoms. The zero-order valence-electron chi connectivity index (χ0n) is 17.6. The molecule has 33 heavy (non-hydrogen) atoms. The highest BCUT2D eigenvalue weighted by Crippen LogP contribution is 2.26. The largest absolute Gasteiger partial charge is 0.396 e. The first-order chi connectivity index (χ1) is 15.9. The fourth-order valence-electron chi connectivity index (χ4n) is 3.83. The second-order valence-electron chi connectivity index (χ2n) is 7.83. The smallest absolute Gasteiger partial charge is 0.322 e. The quantitative estimate of drug-likeness (QED) is 0.536. The Bertz CT molecular complexity index is 1190. The van der Waals surface area contributed by atoms with Crippen LogP contribution in [-0.4, -0.2) is 45.7 Å². The Morgan fingerprint density at radius 3 is 2.30 bits per heavy atom. The number of benzene rings is 2. The molecule has 2 aromatic carbocycles. The van der Waals surface area contributed by atoms with Crippen molar-refractivity contribution >= 4 is 34.9 Å². The van der Waals surface area contributed by atoms with Crippen LogP contribution >= 0.6 is 11.6 Å². The number of aromatic nitrogens is 1. The van der Waals surface area contributed by atoms with Crippen molar-refractivity contribution < 1.29 is 14.7 Å². The number of halogens is 1. The van der Waals surface area contributed by atoms with Gasteiger partial charge in [0, 0.05) is 53.4 Å². The number of likely N-dealkylation sites (tertiary alicyclic amines) is 1. The van der Waals surface area contributed by atoms with Gasteiger partial charge in [0.2, 0.25) is 5.91 Å². The molecule has 3 aromatic rings. The monoisotopic (exact) mass is 466 g/mol. The molecular weight excluding hydrogens is 444 g/mol.